The predicted molar refractivity (Wildman–Crippen MR) is 110 cm³/mol. The maximum absolute atomic E-state index is 12.6. The van der Waals surface area contributed by atoms with Crippen LogP contribution in [-0.4, -0.2) is 26.3 Å². The summed E-state index contributed by atoms with van der Waals surface area (Å²) in [7, 11) is 0. The van der Waals surface area contributed by atoms with Crippen LogP contribution in [0.25, 0.3) is 5.69 Å². The van der Waals surface area contributed by atoms with E-state index < -0.39 is 0 Å². The summed E-state index contributed by atoms with van der Waals surface area (Å²) in [6.07, 6.45) is 0.882. The highest BCUT2D eigenvalue weighted by atomic mass is 16.1. The first kappa shape index (κ1) is 18.3. The lowest BCUT2D eigenvalue weighted by Gasteiger charge is -2.13. The Morgan fingerprint density at radius 2 is 1.75 bits per heavy atom. The average Bonchev–Trinajstić information content (AvgIpc) is 3.00. The van der Waals surface area contributed by atoms with Crippen molar-refractivity contribution >= 4 is 11.5 Å². The normalized spacial score (nSPS) is 15.6. The average molecular weight is 372 g/mol. The lowest BCUT2D eigenvalue weighted by atomic mass is 9.99. The Morgan fingerprint density at radius 3 is 2.50 bits per heavy atom. The van der Waals surface area contributed by atoms with Gasteiger partial charge in [0.1, 0.15) is 17.6 Å². The van der Waals surface area contributed by atoms with Crippen LogP contribution in [-0.2, 0) is 4.79 Å². The molecule has 1 atom stereocenters. The van der Waals surface area contributed by atoms with Crippen molar-refractivity contribution in [1.29, 1.82) is 0 Å². The van der Waals surface area contributed by atoms with Crippen LogP contribution >= 0.6 is 0 Å². The number of aliphatic imine (C=N–C) groups is 1. The molecule has 1 aliphatic rings. The number of carbonyl (C=O) groups excluding carboxylic acids is 1. The van der Waals surface area contributed by atoms with Crippen molar-refractivity contribution in [1.82, 2.24) is 14.8 Å². The molecule has 4 rings (SSSR count). The highest BCUT2D eigenvalue weighted by Crippen LogP contribution is 2.32. The molecular formula is C23H24N4O. The quantitative estimate of drug-likeness (QED) is 0.664. The molecule has 5 nitrogen and oxygen atoms in total. The standard InChI is InChI=1S/C23H24N4O/c1-15(2)13-18(28)14-20-23-26-25-16(3)27(23)21-12-8-7-11-19(21)22(24-20)17-9-5-4-6-10-17/h4-12,15,20H,13-14H2,1-3H3. The third-order valence-electron chi connectivity index (χ3n) is 4.94. The van der Waals surface area contributed by atoms with Crippen LogP contribution in [0.2, 0.25) is 0 Å². The van der Waals surface area contributed by atoms with E-state index >= 15 is 0 Å². The topological polar surface area (TPSA) is 60.1 Å². The molecule has 1 aliphatic heterocycles. The Balaban J connectivity index is 1.89. The first-order valence-electron chi connectivity index (χ1n) is 9.71. The summed E-state index contributed by atoms with van der Waals surface area (Å²) in [5.41, 5.74) is 3.95. The number of aromatic nitrogens is 3. The van der Waals surface area contributed by atoms with Crippen LogP contribution in [0.15, 0.2) is 59.6 Å². The Labute approximate surface area is 165 Å². The number of Topliss-reactive ketones (excluding diaryl/α,β-unsaturated/α-hetero) is 1. The van der Waals surface area contributed by atoms with Gasteiger partial charge in [-0.2, -0.15) is 0 Å². The van der Waals surface area contributed by atoms with E-state index in [1.165, 1.54) is 0 Å². The lowest BCUT2D eigenvalue weighted by molar-refractivity contribution is -0.120. The molecule has 1 aromatic heterocycles. The smallest absolute Gasteiger partial charge is 0.162 e. The van der Waals surface area contributed by atoms with Gasteiger partial charge >= 0.3 is 0 Å². The summed E-state index contributed by atoms with van der Waals surface area (Å²) in [6.45, 7) is 6.06. The molecule has 1 unspecified atom stereocenters. The van der Waals surface area contributed by atoms with Gasteiger partial charge in [-0.05, 0) is 18.9 Å². The lowest BCUT2D eigenvalue weighted by Crippen LogP contribution is -2.12. The number of rotatable bonds is 5. The molecule has 0 saturated heterocycles. The van der Waals surface area contributed by atoms with Gasteiger partial charge in [0.25, 0.3) is 0 Å². The summed E-state index contributed by atoms with van der Waals surface area (Å²) in [5.74, 6) is 2.06. The van der Waals surface area contributed by atoms with Gasteiger partial charge in [-0.15, -0.1) is 10.2 Å². The molecule has 3 aromatic rings. The number of aryl methyl sites for hydroxylation is 1. The van der Waals surface area contributed by atoms with Crippen molar-refractivity contribution in [2.75, 3.05) is 0 Å². The first-order valence-corrected chi connectivity index (χ1v) is 9.71. The molecule has 0 spiro atoms. The molecule has 5 heteroatoms. The Bertz CT molecular complexity index is 1030. The number of nitrogens with zero attached hydrogens (tertiary/aromatic N) is 4. The Morgan fingerprint density at radius 1 is 1.04 bits per heavy atom. The van der Waals surface area contributed by atoms with Crippen molar-refractivity contribution in [3.05, 3.63) is 77.4 Å². The van der Waals surface area contributed by atoms with Crippen LogP contribution in [0.1, 0.15) is 55.5 Å². The van der Waals surface area contributed by atoms with E-state index in [1.807, 2.05) is 41.8 Å². The SMILES string of the molecule is Cc1nnc2n1-c1ccccc1C(c1ccccc1)=NC2CC(=O)CC(C)C. The van der Waals surface area contributed by atoms with Gasteiger partial charge in [0.05, 0.1) is 11.4 Å². The number of carbonyl (C=O) groups is 1. The molecule has 0 amide bonds. The Kier molecular flexibility index (Phi) is 4.90. The third kappa shape index (κ3) is 3.40. The van der Waals surface area contributed by atoms with Crippen LogP contribution in [0.4, 0.5) is 0 Å². The van der Waals surface area contributed by atoms with Crippen molar-refractivity contribution < 1.29 is 4.79 Å². The summed E-state index contributed by atoms with van der Waals surface area (Å²) in [4.78, 5) is 17.7. The molecule has 0 aliphatic carbocycles. The van der Waals surface area contributed by atoms with E-state index in [9.17, 15) is 4.79 Å². The minimum Gasteiger partial charge on any atom is -0.300 e. The molecule has 0 fully saturated rings. The van der Waals surface area contributed by atoms with Gasteiger partial charge in [-0.1, -0.05) is 62.4 Å². The highest BCUT2D eigenvalue weighted by Gasteiger charge is 2.29. The summed E-state index contributed by atoms with van der Waals surface area (Å²) in [5, 5.41) is 8.70. The van der Waals surface area contributed by atoms with Crippen molar-refractivity contribution in [3.8, 4) is 5.69 Å². The van der Waals surface area contributed by atoms with Crippen molar-refractivity contribution in [2.24, 2.45) is 10.9 Å². The van der Waals surface area contributed by atoms with Crippen LogP contribution in [0, 0.1) is 12.8 Å². The first-order chi connectivity index (χ1) is 13.5. The van der Waals surface area contributed by atoms with Gasteiger partial charge in [-0.25, -0.2) is 0 Å². The second kappa shape index (κ2) is 7.50. The number of hydrogen-bond acceptors (Lipinski definition) is 4. The second-order valence-electron chi connectivity index (χ2n) is 7.66. The Hall–Kier alpha value is -3.08. The zero-order chi connectivity index (χ0) is 19.7. The largest absolute Gasteiger partial charge is 0.300 e. The second-order valence-corrected chi connectivity index (χ2v) is 7.66. The minimum atomic E-state index is -0.352. The molecule has 0 radical (unpaired) electrons. The molecule has 0 bridgehead atoms. The van der Waals surface area contributed by atoms with Crippen molar-refractivity contribution in [3.63, 3.8) is 0 Å². The van der Waals surface area contributed by atoms with E-state index in [0.29, 0.717) is 18.8 Å². The molecular weight excluding hydrogens is 348 g/mol. The summed E-state index contributed by atoms with van der Waals surface area (Å²) >= 11 is 0. The maximum atomic E-state index is 12.6. The molecule has 142 valence electrons. The fraction of sp³-hybridized carbons (Fsp3) is 0.304. The fourth-order valence-electron chi connectivity index (χ4n) is 3.76. The van der Waals surface area contributed by atoms with Crippen LogP contribution in [0.5, 0.6) is 0 Å². The number of fused-ring (bicyclic) bond motifs is 3. The molecule has 0 N–H and O–H groups in total. The van der Waals surface area contributed by atoms with E-state index in [4.69, 9.17) is 4.99 Å². The molecule has 0 saturated carbocycles. The van der Waals surface area contributed by atoms with Gasteiger partial charge in [0, 0.05) is 24.0 Å². The fourth-order valence-corrected chi connectivity index (χ4v) is 3.76. The summed E-state index contributed by atoms with van der Waals surface area (Å²) < 4.78 is 2.04. The van der Waals surface area contributed by atoms with E-state index in [-0.39, 0.29) is 11.8 Å². The number of para-hydroxylation sites is 1. The monoisotopic (exact) mass is 372 g/mol. The summed E-state index contributed by atoms with van der Waals surface area (Å²) in [6, 6.07) is 17.9. The van der Waals surface area contributed by atoms with Gasteiger partial charge < -0.3 is 0 Å². The van der Waals surface area contributed by atoms with E-state index in [2.05, 4.69) is 48.3 Å². The maximum Gasteiger partial charge on any atom is 0.162 e. The van der Waals surface area contributed by atoms with E-state index in [1.54, 1.807) is 0 Å². The van der Waals surface area contributed by atoms with Crippen LogP contribution < -0.4 is 0 Å². The van der Waals surface area contributed by atoms with E-state index in [0.717, 1.165) is 34.2 Å². The molecule has 2 heterocycles. The zero-order valence-corrected chi connectivity index (χ0v) is 16.5. The van der Waals surface area contributed by atoms with Crippen molar-refractivity contribution in [2.45, 2.75) is 39.7 Å². The van der Waals surface area contributed by atoms with Gasteiger partial charge in [-0.3, -0.25) is 14.4 Å². The highest BCUT2D eigenvalue weighted by molar-refractivity contribution is 6.15. The molecule has 2 aromatic carbocycles. The number of hydrogen-bond donors (Lipinski definition) is 0. The van der Waals surface area contributed by atoms with Crippen LogP contribution in [0.3, 0.4) is 0 Å². The number of benzene rings is 2. The zero-order valence-electron chi connectivity index (χ0n) is 16.5. The third-order valence-corrected chi connectivity index (χ3v) is 4.94. The number of ketones is 1. The van der Waals surface area contributed by atoms with Gasteiger partial charge in [0.2, 0.25) is 0 Å². The van der Waals surface area contributed by atoms with Gasteiger partial charge in [0.15, 0.2) is 5.82 Å². The predicted octanol–water partition coefficient (Wildman–Crippen LogP) is 4.47. The minimum absolute atomic E-state index is 0.203. The molecule has 28 heavy (non-hydrogen) atoms.